The summed E-state index contributed by atoms with van der Waals surface area (Å²) in [4.78, 5) is 21.6. The quantitative estimate of drug-likeness (QED) is 0.678. The molecule has 1 atom stereocenters. The zero-order chi connectivity index (χ0) is 10.1. The Balaban J connectivity index is 2.77. The van der Waals surface area contributed by atoms with Gasteiger partial charge in [-0.25, -0.2) is 9.59 Å². The van der Waals surface area contributed by atoms with Gasteiger partial charge in [0.15, 0.2) is 0 Å². The van der Waals surface area contributed by atoms with Crippen LogP contribution in [0, 0.1) is 5.92 Å². The number of nitrogens with one attached hydrogen (secondary N) is 1. The molecule has 0 bridgehead atoms. The Morgan fingerprint density at radius 2 is 2.38 bits per heavy atom. The molecule has 0 saturated carbocycles. The third-order valence-electron chi connectivity index (χ3n) is 1.93. The molecule has 1 amide bonds. The Kier molecular flexibility index (Phi) is 2.45. The summed E-state index contributed by atoms with van der Waals surface area (Å²) in [5, 5.41) is 11.3. The van der Waals surface area contributed by atoms with Crippen molar-refractivity contribution < 1.29 is 19.4 Å². The molecule has 1 rings (SSSR count). The molecule has 0 radical (unpaired) electrons. The average Bonchev–Trinajstić information content (AvgIpc) is 2.31. The predicted octanol–water partition coefficient (Wildman–Crippen LogP) is 0.596. The van der Waals surface area contributed by atoms with Crippen LogP contribution in [0.5, 0.6) is 0 Å². The number of carboxylic acids is 1. The van der Waals surface area contributed by atoms with Crippen molar-refractivity contribution in [3.63, 3.8) is 0 Å². The summed E-state index contributed by atoms with van der Waals surface area (Å²) < 4.78 is 4.77. The summed E-state index contributed by atoms with van der Waals surface area (Å²) in [7, 11) is 0. The van der Waals surface area contributed by atoms with Crippen LogP contribution in [0.4, 0.5) is 4.79 Å². The number of cyclic esters (lactones) is 1. The number of hydrogen-bond acceptors (Lipinski definition) is 3. The van der Waals surface area contributed by atoms with E-state index in [1.807, 2.05) is 13.8 Å². The second-order valence-electron chi connectivity index (χ2n) is 3.64. The number of carbonyl (C=O) groups is 2. The van der Waals surface area contributed by atoms with Gasteiger partial charge in [0.25, 0.3) is 0 Å². The summed E-state index contributed by atoms with van der Waals surface area (Å²) in [5.74, 6) is -0.914. The molecule has 1 unspecified atom stereocenters. The lowest BCUT2D eigenvalue weighted by Crippen LogP contribution is -2.43. The van der Waals surface area contributed by atoms with Crippen LogP contribution in [0.15, 0.2) is 0 Å². The third-order valence-corrected chi connectivity index (χ3v) is 1.93. The molecule has 1 aliphatic rings. The van der Waals surface area contributed by atoms with E-state index >= 15 is 0 Å². The highest BCUT2D eigenvalue weighted by molar-refractivity contribution is 5.85. The molecule has 0 spiro atoms. The summed E-state index contributed by atoms with van der Waals surface area (Å²) in [6.07, 6.45) is -0.316. The highest BCUT2D eigenvalue weighted by atomic mass is 16.6. The molecule has 0 aromatic rings. The van der Waals surface area contributed by atoms with Gasteiger partial charge in [0, 0.05) is 6.42 Å². The van der Waals surface area contributed by atoms with Crippen molar-refractivity contribution in [1.82, 2.24) is 5.32 Å². The molecular formula is C8H13NO4. The maximum atomic E-state index is 10.9. The maximum absolute atomic E-state index is 10.9. The molecule has 2 N–H and O–H groups in total. The molecule has 0 aliphatic carbocycles. The van der Waals surface area contributed by atoms with E-state index in [4.69, 9.17) is 9.84 Å². The number of alkyl carbamates (subject to hydrolysis) is 1. The fraction of sp³-hybridized carbons (Fsp3) is 0.750. The van der Waals surface area contributed by atoms with E-state index in [2.05, 4.69) is 5.32 Å². The number of carboxylic acid groups (broad SMARTS) is 1. The Bertz CT molecular complexity index is 238. The van der Waals surface area contributed by atoms with Gasteiger partial charge in [-0.05, 0) is 5.92 Å². The van der Waals surface area contributed by atoms with Gasteiger partial charge < -0.3 is 15.2 Å². The molecule has 1 aliphatic heterocycles. The number of hydrogen-bond donors (Lipinski definition) is 2. The van der Waals surface area contributed by atoms with Crippen molar-refractivity contribution in [3.8, 4) is 0 Å². The van der Waals surface area contributed by atoms with Crippen molar-refractivity contribution in [2.45, 2.75) is 25.9 Å². The van der Waals surface area contributed by atoms with Crippen LogP contribution in [0.3, 0.4) is 0 Å². The zero-order valence-corrected chi connectivity index (χ0v) is 7.66. The van der Waals surface area contributed by atoms with Crippen LogP contribution < -0.4 is 5.32 Å². The zero-order valence-electron chi connectivity index (χ0n) is 7.66. The first-order chi connectivity index (χ1) is 5.96. The number of ether oxygens (including phenoxy) is 1. The van der Waals surface area contributed by atoms with Gasteiger partial charge in [-0.15, -0.1) is 0 Å². The minimum Gasteiger partial charge on any atom is -0.478 e. The van der Waals surface area contributed by atoms with E-state index in [9.17, 15) is 9.59 Å². The first kappa shape index (κ1) is 9.83. The van der Waals surface area contributed by atoms with E-state index in [-0.39, 0.29) is 12.5 Å². The summed E-state index contributed by atoms with van der Waals surface area (Å²) in [5.41, 5.74) is -1.36. The van der Waals surface area contributed by atoms with E-state index < -0.39 is 17.7 Å². The average molecular weight is 187 g/mol. The molecule has 1 heterocycles. The second-order valence-corrected chi connectivity index (χ2v) is 3.64. The standard InChI is InChI=1S/C8H13NO4/c1-5(2)3-8(6(10)11)4-9-7(12)13-8/h5H,3-4H2,1-2H3,(H,9,12)(H,10,11). The number of aliphatic carboxylic acids is 1. The minimum absolute atomic E-state index is 0.0549. The van der Waals surface area contributed by atoms with E-state index in [0.717, 1.165) is 0 Å². The maximum Gasteiger partial charge on any atom is 0.408 e. The molecule has 1 fully saturated rings. The Morgan fingerprint density at radius 3 is 2.69 bits per heavy atom. The molecule has 74 valence electrons. The van der Waals surface area contributed by atoms with Crippen molar-refractivity contribution in [2.24, 2.45) is 5.92 Å². The summed E-state index contributed by atoms with van der Waals surface area (Å²) >= 11 is 0. The van der Waals surface area contributed by atoms with Crippen LogP contribution in [0.25, 0.3) is 0 Å². The van der Waals surface area contributed by atoms with Gasteiger partial charge in [0.05, 0.1) is 6.54 Å². The van der Waals surface area contributed by atoms with Gasteiger partial charge in [-0.3, -0.25) is 0 Å². The van der Waals surface area contributed by atoms with Crippen molar-refractivity contribution >= 4 is 12.1 Å². The van der Waals surface area contributed by atoms with Crippen LogP contribution in [-0.4, -0.2) is 29.3 Å². The molecule has 0 aromatic heterocycles. The number of rotatable bonds is 3. The van der Waals surface area contributed by atoms with Gasteiger partial charge in [0.2, 0.25) is 5.60 Å². The highest BCUT2D eigenvalue weighted by Crippen LogP contribution is 2.25. The second kappa shape index (κ2) is 3.24. The molecule has 1 saturated heterocycles. The Labute approximate surface area is 76.1 Å². The first-order valence-electron chi connectivity index (χ1n) is 4.16. The van der Waals surface area contributed by atoms with Gasteiger partial charge in [-0.1, -0.05) is 13.8 Å². The number of amides is 1. The van der Waals surface area contributed by atoms with E-state index in [0.29, 0.717) is 6.42 Å². The monoisotopic (exact) mass is 187 g/mol. The van der Waals surface area contributed by atoms with E-state index in [1.54, 1.807) is 0 Å². The third kappa shape index (κ3) is 1.91. The predicted molar refractivity (Wildman–Crippen MR) is 44.3 cm³/mol. The lowest BCUT2D eigenvalue weighted by Gasteiger charge is -2.22. The van der Waals surface area contributed by atoms with Crippen LogP contribution in [0.1, 0.15) is 20.3 Å². The smallest absolute Gasteiger partial charge is 0.408 e. The number of carbonyl (C=O) groups excluding carboxylic acids is 1. The lowest BCUT2D eigenvalue weighted by molar-refractivity contribution is -0.156. The van der Waals surface area contributed by atoms with Gasteiger partial charge in [0.1, 0.15) is 0 Å². The fourth-order valence-electron chi connectivity index (χ4n) is 1.44. The van der Waals surface area contributed by atoms with Gasteiger partial charge in [-0.2, -0.15) is 0 Å². The first-order valence-corrected chi connectivity index (χ1v) is 4.16. The van der Waals surface area contributed by atoms with Crippen molar-refractivity contribution in [1.29, 1.82) is 0 Å². The normalized spacial score (nSPS) is 27.2. The highest BCUT2D eigenvalue weighted by Gasteiger charge is 2.47. The topological polar surface area (TPSA) is 75.6 Å². The van der Waals surface area contributed by atoms with Crippen LogP contribution in [0.2, 0.25) is 0 Å². The fourth-order valence-corrected chi connectivity index (χ4v) is 1.44. The largest absolute Gasteiger partial charge is 0.478 e. The molecule has 5 heteroatoms. The Hall–Kier alpha value is -1.26. The summed E-state index contributed by atoms with van der Waals surface area (Å²) in [6, 6.07) is 0. The van der Waals surface area contributed by atoms with E-state index in [1.165, 1.54) is 0 Å². The molecular weight excluding hydrogens is 174 g/mol. The lowest BCUT2D eigenvalue weighted by atomic mass is 9.93. The molecule has 13 heavy (non-hydrogen) atoms. The van der Waals surface area contributed by atoms with Crippen LogP contribution >= 0.6 is 0 Å². The van der Waals surface area contributed by atoms with Crippen molar-refractivity contribution in [3.05, 3.63) is 0 Å². The summed E-state index contributed by atoms with van der Waals surface area (Å²) in [6.45, 7) is 3.83. The molecule has 0 aromatic carbocycles. The van der Waals surface area contributed by atoms with Gasteiger partial charge >= 0.3 is 12.1 Å². The SMILES string of the molecule is CC(C)CC1(C(=O)O)CNC(=O)O1. The van der Waals surface area contributed by atoms with Crippen molar-refractivity contribution in [2.75, 3.05) is 6.54 Å². The van der Waals surface area contributed by atoms with Crippen LogP contribution in [-0.2, 0) is 9.53 Å². The minimum atomic E-state index is -1.36. The Morgan fingerprint density at radius 1 is 1.77 bits per heavy atom. The molecule has 5 nitrogen and oxygen atoms in total.